The van der Waals surface area contributed by atoms with Crippen molar-refractivity contribution in [2.24, 2.45) is 0 Å². The highest BCUT2D eigenvalue weighted by molar-refractivity contribution is 7.09. The fraction of sp³-hybridized carbons (Fsp3) is 0.286. The third kappa shape index (κ3) is 3.80. The molecule has 1 nitrogen and oxygen atoms in total. The minimum atomic E-state index is -0.296. The monoisotopic (exact) mass is 283 g/mol. The predicted octanol–water partition coefficient (Wildman–Crippen LogP) is 4.26. The first-order valence-electron chi connectivity index (χ1n) is 5.85. The molecule has 1 N–H and O–H groups in total. The minimum Gasteiger partial charge on any atom is -0.310 e. The van der Waals surface area contributed by atoms with Crippen LogP contribution in [0, 0.1) is 5.82 Å². The van der Waals surface area contributed by atoms with E-state index in [1.54, 1.807) is 17.4 Å². The van der Waals surface area contributed by atoms with Crippen molar-refractivity contribution in [3.8, 4) is 0 Å². The zero-order valence-electron chi connectivity index (χ0n) is 10.1. The van der Waals surface area contributed by atoms with Gasteiger partial charge in [-0.1, -0.05) is 23.7 Å². The number of thiophene rings is 1. The van der Waals surface area contributed by atoms with Crippen molar-refractivity contribution >= 4 is 22.9 Å². The van der Waals surface area contributed by atoms with Gasteiger partial charge in [0.1, 0.15) is 5.82 Å². The Hall–Kier alpha value is -0.900. The first-order valence-corrected chi connectivity index (χ1v) is 7.10. The molecule has 1 unspecified atom stereocenters. The van der Waals surface area contributed by atoms with Gasteiger partial charge in [0.15, 0.2) is 0 Å². The zero-order chi connectivity index (χ0) is 13.0. The van der Waals surface area contributed by atoms with E-state index in [9.17, 15) is 4.39 Å². The molecule has 0 fully saturated rings. The van der Waals surface area contributed by atoms with Crippen LogP contribution in [0.3, 0.4) is 0 Å². The summed E-state index contributed by atoms with van der Waals surface area (Å²) in [5.41, 5.74) is 0.927. The summed E-state index contributed by atoms with van der Waals surface area (Å²) in [6, 6.07) is 9.07. The fourth-order valence-electron chi connectivity index (χ4n) is 1.75. The lowest BCUT2D eigenvalue weighted by Crippen LogP contribution is -2.27. The summed E-state index contributed by atoms with van der Waals surface area (Å²) in [5.74, 6) is -0.296. The first kappa shape index (κ1) is 13.5. The summed E-state index contributed by atoms with van der Waals surface area (Å²) in [6.07, 6.45) is 0.997. The molecule has 96 valence electrons. The van der Waals surface area contributed by atoms with E-state index in [1.165, 1.54) is 17.0 Å². The third-order valence-electron chi connectivity index (χ3n) is 2.74. The molecule has 0 aliphatic rings. The Kier molecular flexibility index (Phi) is 4.75. The van der Waals surface area contributed by atoms with Crippen LogP contribution in [0.1, 0.15) is 17.4 Å². The summed E-state index contributed by atoms with van der Waals surface area (Å²) in [7, 11) is 0. The van der Waals surface area contributed by atoms with Crippen molar-refractivity contribution in [1.29, 1.82) is 0 Å². The lowest BCUT2D eigenvalue weighted by Gasteiger charge is -2.13. The van der Waals surface area contributed by atoms with Gasteiger partial charge in [-0.3, -0.25) is 0 Å². The van der Waals surface area contributed by atoms with Crippen LogP contribution in [-0.4, -0.2) is 6.04 Å². The molecule has 0 aliphatic carbocycles. The Morgan fingerprint density at radius 2 is 2.22 bits per heavy atom. The SMILES string of the molecule is CC(Cc1cccs1)NCc1ccc(F)cc1Cl. The van der Waals surface area contributed by atoms with Crippen LogP contribution < -0.4 is 5.32 Å². The Balaban J connectivity index is 1.87. The van der Waals surface area contributed by atoms with Crippen LogP contribution in [0.15, 0.2) is 35.7 Å². The maximum absolute atomic E-state index is 12.9. The number of halogens is 2. The van der Waals surface area contributed by atoms with Crippen molar-refractivity contribution < 1.29 is 4.39 Å². The Morgan fingerprint density at radius 1 is 1.39 bits per heavy atom. The molecule has 0 radical (unpaired) electrons. The highest BCUT2D eigenvalue weighted by Gasteiger charge is 2.06. The molecule has 1 atom stereocenters. The van der Waals surface area contributed by atoms with Crippen molar-refractivity contribution in [3.63, 3.8) is 0 Å². The van der Waals surface area contributed by atoms with Crippen molar-refractivity contribution in [2.45, 2.75) is 25.9 Å². The van der Waals surface area contributed by atoms with E-state index in [-0.39, 0.29) is 5.82 Å². The van der Waals surface area contributed by atoms with Crippen LogP contribution in [0.4, 0.5) is 4.39 Å². The molecule has 2 aromatic rings. The molecular weight excluding hydrogens is 269 g/mol. The number of hydrogen-bond donors (Lipinski definition) is 1. The lowest BCUT2D eigenvalue weighted by atomic mass is 10.1. The molecule has 0 saturated heterocycles. The van der Waals surface area contributed by atoms with Crippen molar-refractivity contribution in [3.05, 3.63) is 57.0 Å². The van der Waals surface area contributed by atoms with Crippen LogP contribution in [0.5, 0.6) is 0 Å². The highest BCUT2D eigenvalue weighted by Crippen LogP contribution is 2.17. The van der Waals surface area contributed by atoms with Gasteiger partial charge < -0.3 is 5.32 Å². The summed E-state index contributed by atoms with van der Waals surface area (Å²) in [5, 5.41) is 5.96. The quantitative estimate of drug-likeness (QED) is 0.864. The van der Waals surface area contributed by atoms with Crippen molar-refractivity contribution in [1.82, 2.24) is 5.32 Å². The molecule has 2 rings (SSSR count). The van der Waals surface area contributed by atoms with Gasteiger partial charge in [0, 0.05) is 22.5 Å². The molecule has 0 amide bonds. The molecular formula is C14H15ClFNS. The molecule has 1 aromatic carbocycles. The predicted molar refractivity (Wildman–Crippen MR) is 75.7 cm³/mol. The van der Waals surface area contributed by atoms with Crippen LogP contribution in [0.25, 0.3) is 0 Å². The molecule has 0 aliphatic heterocycles. The van der Waals surface area contributed by atoms with E-state index in [4.69, 9.17) is 11.6 Å². The first-order chi connectivity index (χ1) is 8.65. The van der Waals surface area contributed by atoms with Crippen molar-refractivity contribution in [2.75, 3.05) is 0 Å². The van der Waals surface area contributed by atoms with Crippen LogP contribution in [-0.2, 0) is 13.0 Å². The Labute approximate surface area is 116 Å². The molecule has 18 heavy (non-hydrogen) atoms. The van der Waals surface area contributed by atoms with E-state index in [0.717, 1.165) is 12.0 Å². The molecule has 0 saturated carbocycles. The lowest BCUT2D eigenvalue weighted by molar-refractivity contribution is 0.548. The summed E-state index contributed by atoms with van der Waals surface area (Å²) in [6.45, 7) is 2.79. The van der Waals surface area contributed by atoms with Crippen LogP contribution >= 0.6 is 22.9 Å². The highest BCUT2D eigenvalue weighted by atomic mass is 35.5. The van der Waals surface area contributed by atoms with Gasteiger partial charge in [0.2, 0.25) is 0 Å². The van der Waals surface area contributed by atoms with Gasteiger partial charge in [-0.05, 0) is 42.5 Å². The molecule has 1 aromatic heterocycles. The second kappa shape index (κ2) is 6.32. The van der Waals surface area contributed by atoms with E-state index in [0.29, 0.717) is 17.6 Å². The summed E-state index contributed by atoms with van der Waals surface area (Å²) in [4.78, 5) is 1.36. The number of rotatable bonds is 5. The summed E-state index contributed by atoms with van der Waals surface area (Å²) < 4.78 is 12.9. The van der Waals surface area contributed by atoms with Gasteiger partial charge in [0.25, 0.3) is 0 Å². The summed E-state index contributed by atoms with van der Waals surface area (Å²) >= 11 is 7.74. The normalized spacial score (nSPS) is 12.6. The van der Waals surface area contributed by atoms with Gasteiger partial charge >= 0.3 is 0 Å². The minimum absolute atomic E-state index is 0.296. The topological polar surface area (TPSA) is 12.0 Å². The second-order valence-electron chi connectivity index (χ2n) is 4.30. The van der Waals surface area contributed by atoms with E-state index >= 15 is 0 Å². The van der Waals surface area contributed by atoms with E-state index < -0.39 is 0 Å². The van der Waals surface area contributed by atoms with Gasteiger partial charge in [-0.15, -0.1) is 11.3 Å². The molecule has 4 heteroatoms. The zero-order valence-corrected chi connectivity index (χ0v) is 11.7. The Bertz CT molecular complexity index is 499. The molecule has 1 heterocycles. The number of hydrogen-bond acceptors (Lipinski definition) is 2. The molecule has 0 bridgehead atoms. The van der Waals surface area contributed by atoms with Crippen LogP contribution in [0.2, 0.25) is 5.02 Å². The standard InChI is InChI=1S/C14H15ClFNS/c1-10(7-13-3-2-6-18-13)17-9-11-4-5-12(16)8-14(11)15/h2-6,8,10,17H,7,9H2,1H3. The van der Waals surface area contributed by atoms with E-state index in [2.05, 4.69) is 29.8 Å². The van der Waals surface area contributed by atoms with Gasteiger partial charge in [0.05, 0.1) is 0 Å². The number of benzene rings is 1. The average molecular weight is 284 g/mol. The fourth-order valence-corrected chi connectivity index (χ4v) is 2.82. The average Bonchev–Trinajstić information content (AvgIpc) is 2.80. The second-order valence-corrected chi connectivity index (χ2v) is 5.74. The van der Waals surface area contributed by atoms with Gasteiger partial charge in [-0.2, -0.15) is 0 Å². The maximum Gasteiger partial charge on any atom is 0.124 e. The van der Waals surface area contributed by atoms with E-state index in [1.807, 2.05) is 0 Å². The van der Waals surface area contributed by atoms with Gasteiger partial charge in [-0.25, -0.2) is 4.39 Å². The largest absolute Gasteiger partial charge is 0.310 e. The number of nitrogens with one attached hydrogen (secondary N) is 1. The maximum atomic E-state index is 12.9. The Morgan fingerprint density at radius 3 is 2.89 bits per heavy atom. The third-order valence-corrected chi connectivity index (χ3v) is 3.99. The smallest absolute Gasteiger partial charge is 0.124 e. The molecule has 0 spiro atoms.